The number of aliphatic imine (C=N–C) groups is 1. The van der Waals surface area contributed by atoms with E-state index in [9.17, 15) is 5.26 Å². The third kappa shape index (κ3) is 6.08. The van der Waals surface area contributed by atoms with E-state index < -0.39 is 0 Å². The molecule has 168 valence electrons. The second-order valence-corrected chi connectivity index (χ2v) is 8.80. The van der Waals surface area contributed by atoms with Gasteiger partial charge in [-0.05, 0) is 80.3 Å². The number of nitrogens with one attached hydrogen (secondary N) is 1. The zero-order valence-corrected chi connectivity index (χ0v) is 20.0. The minimum Gasteiger partial charge on any atom is -0.316 e. The summed E-state index contributed by atoms with van der Waals surface area (Å²) >= 11 is 0. The number of hydrogen-bond donors (Lipinski definition) is 1. The fourth-order valence-electron chi connectivity index (χ4n) is 4.44. The zero-order valence-electron chi connectivity index (χ0n) is 20.0. The van der Waals surface area contributed by atoms with Crippen molar-refractivity contribution in [1.82, 2.24) is 10.2 Å². The maximum atomic E-state index is 9.55. The van der Waals surface area contributed by atoms with Crippen LogP contribution >= 0.6 is 0 Å². The normalized spacial score (nSPS) is 14.0. The van der Waals surface area contributed by atoms with Gasteiger partial charge in [0.05, 0.1) is 11.4 Å². The second kappa shape index (κ2) is 11.6. The molecule has 2 aromatic rings. The van der Waals surface area contributed by atoms with Gasteiger partial charge in [-0.3, -0.25) is 9.89 Å². The lowest BCUT2D eigenvalue weighted by Gasteiger charge is -2.20. The van der Waals surface area contributed by atoms with Crippen LogP contribution in [0.5, 0.6) is 0 Å². The molecule has 0 radical (unpaired) electrons. The molecule has 0 saturated carbocycles. The molecule has 1 unspecified atom stereocenters. The van der Waals surface area contributed by atoms with Crippen LogP contribution in [-0.2, 0) is 12.8 Å². The Morgan fingerprint density at radius 1 is 1.22 bits per heavy atom. The van der Waals surface area contributed by atoms with E-state index >= 15 is 0 Å². The summed E-state index contributed by atoms with van der Waals surface area (Å²) in [5.41, 5.74) is 8.69. The highest BCUT2D eigenvalue weighted by molar-refractivity contribution is 5.92. The summed E-state index contributed by atoms with van der Waals surface area (Å²) in [6, 6.07) is 14.7. The highest BCUT2D eigenvalue weighted by Gasteiger charge is 2.17. The molecule has 32 heavy (non-hydrogen) atoms. The first-order valence-electron chi connectivity index (χ1n) is 11.8. The van der Waals surface area contributed by atoms with Crippen molar-refractivity contribution in [3.05, 3.63) is 70.8 Å². The van der Waals surface area contributed by atoms with Gasteiger partial charge >= 0.3 is 0 Å². The molecule has 4 nitrogen and oxygen atoms in total. The molecule has 0 amide bonds. The van der Waals surface area contributed by atoms with Crippen LogP contribution < -0.4 is 5.32 Å². The topological polar surface area (TPSA) is 51.4 Å². The molecular formula is C28H36N4. The Balaban J connectivity index is 1.73. The van der Waals surface area contributed by atoms with E-state index in [4.69, 9.17) is 0 Å². The molecule has 1 aliphatic heterocycles. The predicted octanol–water partition coefficient (Wildman–Crippen LogP) is 6.04. The van der Waals surface area contributed by atoms with E-state index in [1.165, 1.54) is 22.4 Å². The Labute approximate surface area is 193 Å². The summed E-state index contributed by atoms with van der Waals surface area (Å²) in [6.45, 7) is 8.50. The molecule has 1 atom stereocenters. The number of hydrogen-bond acceptors (Lipinski definition) is 4. The lowest BCUT2D eigenvalue weighted by atomic mass is 9.92. The Kier molecular flexibility index (Phi) is 8.64. The molecule has 0 fully saturated rings. The van der Waals surface area contributed by atoms with E-state index in [2.05, 4.69) is 67.6 Å². The quantitative estimate of drug-likeness (QED) is 0.270. The minimum absolute atomic E-state index is 0.368. The number of nitriles is 1. The molecule has 1 aliphatic rings. The van der Waals surface area contributed by atoms with Gasteiger partial charge in [-0.25, -0.2) is 0 Å². The summed E-state index contributed by atoms with van der Waals surface area (Å²) in [7, 11) is 1.84. The van der Waals surface area contributed by atoms with Crippen molar-refractivity contribution >= 4 is 17.1 Å². The molecule has 4 heteroatoms. The van der Waals surface area contributed by atoms with Gasteiger partial charge in [-0.15, -0.1) is 0 Å². The van der Waals surface area contributed by atoms with E-state index in [0.717, 1.165) is 62.1 Å². The smallest absolute Gasteiger partial charge is 0.184 e. The Morgan fingerprint density at radius 3 is 2.72 bits per heavy atom. The van der Waals surface area contributed by atoms with Gasteiger partial charge in [0.25, 0.3) is 0 Å². The van der Waals surface area contributed by atoms with Crippen molar-refractivity contribution in [2.75, 3.05) is 20.1 Å². The van der Waals surface area contributed by atoms with Crippen LogP contribution in [0.3, 0.4) is 0 Å². The Hall–Kier alpha value is -2.90. The summed E-state index contributed by atoms with van der Waals surface area (Å²) < 4.78 is 0. The molecule has 0 aliphatic carbocycles. The first-order valence-corrected chi connectivity index (χ1v) is 11.8. The standard InChI is InChI=1S/C28H36N4/c1-5-16-30-19-23(18-28(32(4)20-29)25-11-7-6-8-12-25)10-9-13-24-14-15-27-26(22(24)3)17-21(2)31-27/h6-8,11-12,14-15,18,23,30H,5,9-10,13,16-17,19H2,1-4H3/b28-18+. The maximum Gasteiger partial charge on any atom is 0.184 e. The first-order chi connectivity index (χ1) is 15.5. The van der Waals surface area contributed by atoms with Gasteiger partial charge in [-0.2, -0.15) is 5.26 Å². The second-order valence-electron chi connectivity index (χ2n) is 8.80. The van der Waals surface area contributed by atoms with Gasteiger partial charge in [0, 0.05) is 25.7 Å². The van der Waals surface area contributed by atoms with Gasteiger partial charge in [0.1, 0.15) is 0 Å². The molecule has 0 spiro atoms. The molecule has 1 N–H and O–H groups in total. The first kappa shape index (κ1) is 23.8. The number of benzene rings is 2. The monoisotopic (exact) mass is 428 g/mol. The predicted molar refractivity (Wildman–Crippen MR) is 135 cm³/mol. The third-order valence-electron chi connectivity index (χ3n) is 6.26. The van der Waals surface area contributed by atoms with Crippen LogP contribution in [0.15, 0.2) is 53.5 Å². The minimum atomic E-state index is 0.368. The average molecular weight is 429 g/mol. The highest BCUT2D eigenvalue weighted by atomic mass is 15.1. The number of nitrogens with zero attached hydrogens (tertiary/aromatic N) is 3. The summed E-state index contributed by atoms with van der Waals surface area (Å²) in [5, 5.41) is 13.1. The SMILES string of the molecule is CCCNCC(/C=C(\c1ccccc1)N(C)C#N)CCCc1ccc2c(c1C)CC(C)=N2. The van der Waals surface area contributed by atoms with Crippen LogP contribution in [0.2, 0.25) is 0 Å². The van der Waals surface area contributed by atoms with Crippen LogP contribution in [0, 0.1) is 24.3 Å². The third-order valence-corrected chi connectivity index (χ3v) is 6.26. The molecular weight excluding hydrogens is 392 g/mol. The average Bonchev–Trinajstić information content (AvgIpc) is 3.20. The molecule has 2 aromatic carbocycles. The van der Waals surface area contributed by atoms with Crippen LogP contribution in [0.4, 0.5) is 5.69 Å². The fraction of sp³-hybridized carbons (Fsp3) is 0.429. The van der Waals surface area contributed by atoms with Gasteiger partial charge in [-0.1, -0.05) is 49.4 Å². The lowest BCUT2D eigenvalue weighted by Crippen LogP contribution is -2.24. The maximum absolute atomic E-state index is 9.55. The molecule has 0 aromatic heterocycles. The Morgan fingerprint density at radius 2 is 2.00 bits per heavy atom. The summed E-state index contributed by atoms with van der Waals surface area (Å²) in [4.78, 5) is 6.34. The van der Waals surface area contributed by atoms with E-state index in [1.807, 2.05) is 25.2 Å². The fourth-order valence-corrected chi connectivity index (χ4v) is 4.44. The number of rotatable bonds is 11. The van der Waals surface area contributed by atoms with Crippen LogP contribution in [0.25, 0.3) is 5.70 Å². The van der Waals surface area contributed by atoms with Crippen molar-refractivity contribution in [3.63, 3.8) is 0 Å². The van der Waals surface area contributed by atoms with Gasteiger partial charge in [0.15, 0.2) is 6.19 Å². The van der Waals surface area contributed by atoms with Crippen molar-refractivity contribution < 1.29 is 0 Å². The molecule has 3 rings (SSSR count). The highest BCUT2D eigenvalue weighted by Crippen LogP contribution is 2.32. The largest absolute Gasteiger partial charge is 0.316 e. The summed E-state index contributed by atoms with van der Waals surface area (Å²) in [6.07, 6.45) is 9.96. The van der Waals surface area contributed by atoms with E-state index in [-0.39, 0.29) is 0 Å². The van der Waals surface area contributed by atoms with Crippen molar-refractivity contribution in [1.29, 1.82) is 5.26 Å². The number of aryl methyl sites for hydroxylation is 1. The van der Waals surface area contributed by atoms with E-state index in [0.29, 0.717) is 5.92 Å². The van der Waals surface area contributed by atoms with Crippen LogP contribution in [0.1, 0.15) is 55.4 Å². The molecule has 0 bridgehead atoms. The van der Waals surface area contributed by atoms with Gasteiger partial charge < -0.3 is 5.32 Å². The van der Waals surface area contributed by atoms with Gasteiger partial charge in [0.2, 0.25) is 0 Å². The Bertz CT molecular complexity index is 998. The van der Waals surface area contributed by atoms with Crippen molar-refractivity contribution in [2.45, 2.75) is 52.9 Å². The molecule has 1 heterocycles. The molecule has 0 saturated heterocycles. The summed E-state index contributed by atoms with van der Waals surface area (Å²) in [5.74, 6) is 0.368. The van der Waals surface area contributed by atoms with E-state index in [1.54, 1.807) is 4.90 Å². The van der Waals surface area contributed by atoms with Crippen LogP contribution in [-0.4, -0.2) is 30.7 Å². The van der Waals surface area contributed by atoms with Crippen molar-refractivity contribution in [2.24, 2.45) is 10.9 Å². The van der Waals surface area contributed by atoms with Crippen molar-refractivity contribution in [3.8, 4) is 6.19 Å². The number of fused-ring (bicyclic) bond motifs is 1. The lowest BCUT2D eigenvalue weighted by molar-refractivity contribution is 0.503. The zero-order chi connectivity index (χ0) is 22.9.